The molecule has 0 fully saturated rings. The summed E-state index contributed by atoms with van der Waals surface area (Å²) < 4.78 is 18.7. The van der Waals surface area contributed by atoms with E-state index in [0.717, 1.165) is 12.0 Å². The highest BCUT2D eigenvalue weighted by Gasteiger charge is 2.18. The number of rotatable bonds is 7. The zero-order chi connectivity index (χ0) is 16.7. The average Bonchev–Trinajstić information content (AvgIpc) is 2.55. The lowest BCUT2D eigenvalue weighted by Crippen LogP contribution is -2.21. The van der Waals surface area contributed by atoms with Gasteiger partial charge in [0.2, 0.25) is 0 Å². The van der Waals surface area contributed by atoms with E-state index in [-0.39, 0.29) is 6.42 Å². The summed E-state index contributed by atoms with van der Waals surface area (Å²) in [5.41, 5.74) is 2.71. The van der Waals surface area contributed by atoms with Crippen molar-refractivity contribution in [3.63, 3.8) is 0 Å². The molecule has 2 aromatic carbocycles. The molecule has 3 heteroatoms. The highest BCUT2D eigenvalue weighted by molar-refractivity contribution is 5.89. The van der Waals surface area contributed by atoms with Crippen molar-refractivity contribution in [2.75, 3.05) is 0 Å². The molecule has 0 spiro atoms. The molecular weight excluding hydrogens is 291 g/mol. The Bertz CT molecular complexity index is 647. The molecule has 0 saturated carbocycles. The van der Waals surface area contributed by atoms with E-state index in [9.17, 15) is 9.18 Å². The molecule has 0 aromatic heterocycles. The molecule has 0 N–H and O–H groups in total. The van der Waals surface area contributed by atoms with Crippen LogP contribution in [0, 0.1) is 0 Å². The second-order valence-electron chi connectivity index (χ2n) is 5.49. The van der Waals surface area contributed by atoms with Crippen molar-refractivity contribution in [2.24, 2.45) is 0 Å². The molecule has 0 aliphatic carbocycles. The number of esters is 1. The van der Waals surface area contributed by atoms with E-state index in [2.05, 4.69) is 13.5 Å². The average molecular weight is 312 g/mol. The summed E-state index contributed by atoms with van der Waals surface area (Å²) >= 11 is 0. The van der Waals surface area contributed by atoms with Crippen LogP contribution < -0.4 is 0 Å². The molecule has 0 radical (unpaired) electrons. The first-order valence-electron chi connectivity index (χ1n) is 7.75. The Morgan fingerprint density at radius 3 is 2.26 bits per heavy atom. The standard InChI is InChI=1S/C20H21FO2/c1-3-16-9-11-17(12-10-16)14-19(13-15(2)21)23-20(22)18-7-5-4-6-8-18/h4-12,19H,2-3,13-14H2,1H3. The quantitative estimate of drug-likeness (QED) is 0.680. The molecule has 0 aliphatic heterocycles. The number of hydrogen-bond acceptors (Lipinski definition) is 2. The molecule has 0 amide bonds. The van der Waals surface area contributed by atoms with Gasteiger partial charge in [-0.15, -0.1) is 0 Å². The van der Waals surface area contributed by atoms with Gasteiger partial charge in [0.15, 0.2) is 0 Å². The van der Waals surface area contributed by atoms with Crippen LogP contribution in [0.2, 0.25) is 0 Å². The first-order chi connectivity index (χ1) is 11.1. The van der Waals surface area contributed by atoms with E-state index in [1.54, 1.807) is 24.3 Å². The van der Waals surface area contributed by atoms with Crippen molar-refractivity contribution in [2.45, 2.75) is 32.3 Å². The Labute approximate surface area is 136 Å². The number of halogens is 1. The first-order valence-corrected chi connectivity index (χ1v) is 7.75. The van der Waals surface area contributed by atoms with Gasteiger partial charge in [-0.05, 0) is 29.7 Å². The molecule has 0 heterocycles. The SMILES string of the molecule is C=C(F)CC(Cc1ccc(CC)cc1)OC(=O)c1ccccc1. The van der Waals surface area contributed by atoms with E-state index in [4.69, 9.17) is 4.74 Å². The monoisotopic (exact) mass is 312 g/mol. The fourth-order valence-electron chi connectivity index (χ4n) is 2.37. The predicted molar refractivity (Wildman–Crippen MR) is 90.0 cm³/mol. The second-order valence-corrected chi connectivity index (χ2v) is 5.49. The van der Waals surface area contributed by atoms with E-state index >= 15 is 0 Å². The minimum absolute atomic E-state index is 0.00804. The summed E-state index contributed by atoms with van der Waals surface area (Å²) in [5.74, 6) is -0.928. The van der Waals surface area contributed by atoms with Crippen LogP contribution in [0.3, 0.4) is 0 Å². The number of carbonyl (C=O) groups excluding carboxylic acids is 1. The third-order valence-electron chi connectivity index (χ3n) is 3.63. The molecule has 1 unspecified atom stereocenters. The zero-order valence-electron chi connectivity index (χ0n) is 13.3. The molecule has 0 bridgehead atoms. The molecule has 0 saturated heterocycles. The Kier molecular flexibility index (Phi) is 6.10. The summed E-state index contributed by atoms with van der Waals surface area (Å²) in [5, 5.41) is 0. The molecule has 2 nitrogen and oxygen atoms in total. The summed E-state index contributed by atoms with van der Waals surface area (Å²) in [6.07, 6.45) is 0.876. The normalized spacial score (nSPS) is 11.7. The Morgan fingerprint density at radius 2 is 1.70 bits per heavy atom. The van der Waals surface area contributed by atoms with Crippen molar-refractivity contribution in [1.82, 2.24) is 0 Å². The van der Waals surface area contributed by atoms with Gasteiger partial charge in [0.25, 0.3) is 0 Å². The molecule has 120 valence electrons. The molecule has 0 aliphatic rings. The maximum atomic E-state index is 13.2. The van der Waals surface area contributed by atoms with Gasteiger partial charge >= 0.3 is 5.97 Å². The van der Waals surface area contributed by atoms with Crippen LogP contribution in [0.5, 0.6) is 0 Å². The van der Waals surface area contributed by atoms with Crippen LogP contribution in [0.25, 0.3) is 0 Å². The van der Waals surface area contributed by atoms with Gasteiger partial charge in [-0.25, -0.2) is 9.18 Å². The van der Waals surface area contributed by atoms with Gasteiger partial charge in [0.1, 0.15) is 6.10 Å². The van der Waals surface area contributed by atoms with E-state index in [0.29, 0.717) is 12.0 Å². The van der Waals surface area contributed by atoms with Crippen molar-refractivity contribution in [1.29, 1.82) is 0 Å². The number of benzene rings is 2. The van der Waals surface area contributed by atoms with Crippen molar-refractivity contribution in [3.8, 4) is 0 Å². The molecule has 2 rings (SSSR count). The lowest BCUT2D eigenvalue weighted by molar-refractivity contribution is 0.0293. The summed E-state index contributed by atoms with van der Waals surface area (Å²) in [6.45, 7) is 5.38. The topological polar surface area (TPSA) is 26.3 Å². The summed E-state index contributed by atoms with van der Waals surface area (Å²) in [7, 11) is 0. The van der Waals surface area contributed by atoms with Crippen LogP contribution in [0.4, 0.5) is 4.39 Å². The maximum Gasteiger partial charge on any atom is 0.338 e. The van der Waals surface area contributed by atoms with Crippen LogP contribution in [-0.4, -0.2) is 12.1 Å². The lowest BCUT2D eigenvalue weighted by Gasteiger charge is -2.17. The zero-order valence-corrected chi connectivity index (χ0v) is 13.3. The predicted octanol–water partition coefficient (Wildman–Crippen LogP) is 4.89. The smallest absolute Gasteiger partial charge is 0.338 e. The maximum absolute atomic E-state index is 13.2. The molecule has 23 heavy (non-hydrogen) atoms. The van der Waals surface area contributed by atoms with Gasteiger partial charge in [-0.3, -0.25) is 0 Å². The second kappa shape index (κ2) is 8.28. The Morgan fingerprint density at radius 1 is 1.09 bits per heavy atom. The minimum atomic E-state index is -0.562. The van der Waals surface area contributed by atoms with Crippen molar-refractivity contribution < 1.29 is 13.9 Å². The highest BCUT2D eigenvalue weighted by atomic mass is 19.1. The van der Waals surface area contributed by atoms with Gasteiger partial charge in [0, 0.05) is 12.8 Å². The third-order valence-corrected chi connectivity index (χ3v) is 3.63. The first kappa shape index (κ1) is 16.9. The fourth-order valence-corrected chi connectivity index (χ4v) is 2.37. The third kappa shape index (κ3) is 5.37. The van der Waals surface area contributed by atoms with Crippen LogP contribution in [0.1, 0.15) is 34.8 Å². The Balaban J connectivity index is 2.06. The van der Waals surface area contributed by atoms with Crippen molar-refractivity contribution in [3.05, 3.63) is 83.7 Å². The van der Waals surface area contributed by atoms with Crippen LogP contribution >= 0.6 is 0 Å². The fraction of sp³-hybridized carbons (Fsp3) is 0.250. The largest absolute Gasteiger partial charge is 0.458 e. The summed E-state index contributed by atoms with van der Waals surface area (Å²) in [4.78, 5) is 12.2. The minimum Gasteiger partial charge on any atom is -0.458 e. The van der Waals surface area contributed by atoms with E-state index in [1.807, 2.05) is 30.3 Å². The van der Waals surface area contributed by atoms with Gasteiger partial charge in [-0.1, -0.05) is 56.0 Å². The Hall–Kier alpha value is -2.42. The van der Waals surface area contributed by atoms with Gasteiger partial charge in [-0.2, -0.15) is 0 Å². The molecular formula is C20H21FO2. The van der Waals surface area contributed by atoms with Gasteiger partial charge in [0.05, 0.1) is 11.4 Å². The lowest BCUT2D eigenvalue weighted by atomic mass is 10.0. The molecule has 2 aromatic rings. The van der Waals surface area contributed by atoms with Crippen LogP contribution in [0.15, 0.2) is 67.0 Å². The number of hydrogen-bond donors (Lipinski definition) is 0. The summed E-state index contributed by atoms with van der Waals surface area (Å²) in [6, 6.07) is 16.8. The van der Waals surface area contributed by atoms with Crippen molar-refractivity contribution >= 4 is 5.97 Å². The number of carbonyl (C=O) groups is 1. The highest BCUT2D eigenvalue weighted by Crippen LogP contribution is 2.17. The number of ether oxygens (including phenoxy) is 1. The number of aryl methyl sites for hydroxylation is 1. The van der Waals surface area contributed by atoms with E-state index in [1.165, 1.54) is 5.56 Å². The van der Waals surface area contributed by atoms with Gasteiger partial charge < -0.3 is 4.74 Å². The molecule has 1 atom stereocenters. The van der Waals surface area contributed by atoms with E-state index < -0.39 is 17.9 Å². The van der Waals surface area contributed by atoms with Crippen LogP contribution in [-0.2, 0) is 17.6 Å².